The molecular formula is C24H23BrClNO6S. The number of imide groups is 1. The van der Waals surface area contributed by atoms with Crippen LogP contribution in [0.4, 0.5) is 4.79 Å². The minimum absolute atomic E-state index is 0.199. The lowest BCUT2D eigenvalue weighted by Gasteiger charge is -2.15. The molecule has 1 saturated heterocycles. The molecule has 1 fully saturated rings. The molecule has 2 amide bonds. The maximum Gasteiger partial charge on any atom is 0.326 e. The Bertz CT molecular complexity index is 1120. The monoisotopic (exact) mass is 567 g/mol. The van der Waals surface area contributed by atoms with E-state index in [4.69, 9.17) is 25.8 Å². The minimum Gasteiger partial charge on any atom is -0.493 e. The second-order valence-corrected chi connectivity index (χ2v) is 9.71. The van der Waals surface area contributed by atoms with Gasteiger partial charge in [-0.05, 0) is 82.5 Å². The number of hydrogen-bond acceptors (Lipinski definition) is 7. The molecule has 1 atom stereocenters. The van der Waals surface area contributed by atoms with Crippen molar-refractivity contribution in [3.63, 3.8) is 0 Å². The highest BCUT2D eigenvalue weighted by Gasteiger charge is 2.37. The number of methoxy groups -OCH3 is 1. The van der Waals surface area contributed by atoms with E-state index in [0.29, 0.717) is 39.6 Å². The Hall–Kier alpha value is -2.49. The van der Waals surface area contributed by atoms with E-state index in [1.807, 2.05) is 19.1 Å². The second-order valence-electron chi connectivity index (χ2n) is 7.43. The number of rotatable bonds is 9. The molecule has 0 N–H and O–H groups in total. The molecule has 10 heteroatoms. The van der Waals surface area contributed by atoms with Crippen molar-refractivity contribution < 1.29 is 28.6 Å². The summed E-state index contributed by atoms with van der Waals surface area (Å²) in [6.07, 6.45) is 1.93. The van der Waals surface area contributed by atoms with Crippen LogP contribution in [0.25, 0.3) is 6.08 Å². The average Bonchev–Trinajstić information content (AvgIpc) is 3.06. The SMILES string of the molecule is CC[C@H](C)OC(=O)CN1C(=O)S/C(=C/c2cc(Br)c(OCc3ccc(Cl)cc3)c(OC)c2)C1=O. The molecule has 3 rings (SSSR count). The molecule has 1 aliphatic rings. The van der Waals surface area contributed by atoms with Gasteiger partial charge in [-0.1, -0.05) is 30.7 Å². The van der Waals surface area contributed by atoms with E-state index in [9.17, 15) is 14.4 Å². The van der Waals surface area contributed by atoms with Gasteiger partial charge in [0, 0.05) is 5.02 Å². The lowest BCUT2D eigenvalue weighted by Crippen LogP contribution is -2.35. The van der Waals surface area contributed by atoms with Gasteiger partial charge in [0.05, 0.1) is 22.6 Å². The van der Waals surface area contributed by atoms with Crippen molar-refractivity contribution in [3.8, 4) is 11.5 Å². The quantitative estimate of drug-likeness (QED) is 0.268. The van der Waals surface area contributed by atoms with Crippen molar-refractivity contribution in [1.82, 2.24) is 4.90 Å². The number of esters is 1. The summed E-state index contributed by atoms with van der Waals surface area (Å²) in [7, 11) is 1.51. The number of nitrogens with zero attached hydrogens (tertiary/aromatic N) is 1. The Morgan fingerprint density at radius 2 is 1.94 bits per heavy atom. The molecule has 180 valence electrons. The van der Waals surface area contributed by atoms with Gasteiger partial charge in [0.2, 0.25) is 0 Å². The van der Waals surface area contributed by atoms with E-state index < -0.39 is 23.7 Å². The average molecular weight is 569 g/mol. The van der Waals surface area contributed by atoms with Crippen molar-refractivity contribution in [1.29, 1.82) is 0 Å². The van der Waals surface area contributed by atoms with Gasteiger partial charge in [0.1, 0.15) is 13.2 Å². The van der Waals surface area contributed by atoms with Crippen LogP contribution in [0.2, 0.25) is 5.02 Å². The largest absolute Gasteiger partial charge is 0.493 e. The van der Waals surface area contributed by atoms with Gasteiger partial charge in [-0.2, -0.15) is 0 Å². The van der Waals surface area contributed by atoms with Crippen LogP contribution in [0, 0.1) is 0 Å². The van der Waals surface area contributed by atoms with Crippen LogP contribution in [0.1, 0.15) is 31.4 Å². The minimum atomic E-state index is -0.621. The molecule has 0 saturated carbocycles. The van der Waals surface area contributed by atoms with E-state index in [1.165, 1.54) is 7.11 Å². The normalized spacial score (nSPS) is 15.6. The van der Waals surface area contributed by atoms with Gasteiger partial charge in [0.25, 0.3) is 11.1 Å². The smallest absolute Gasteiger partial charge is 0.326 e. The number of halogens is 2. The van der Waals surface area contributed by atoms with E-state index >= 15 is 0 Å². The highest BCUT2D eigenvalue weighted by atomic mass is 79.9. The first-order chi connectivity index (χ1) is 16.2. The predicted octanol–water partition coefficient (Wildman–Crippen LogP) is 6.07. The first-order valence-corrected chi connectivity index (χ1v) is 12.4. The summed E-state index contributed by atoms with van der Waals surface area (Å²) in [4.78, 5) is 38.2. The summed E-state index contributed by atoms with van der Waals surface area (Å²) in [5.41, 5.74) is 1.55. The molecule has 0 unspecified atom stereocenters. The molecule has 1 aliphatic heterocycles. The van der Waals surface area contributed by atoms with Crippen LogP contribution in [-0.4, -0.2) is 41.8 Å². The number of thioether (sulfide) groups is 1. The Kier molecular flexibility index (Phi) is 9.04. The summed E-state index contributed by atoms with van der Waals surface area (Å²) in [5, 5.41) is 0.120. The molecule has 0 aliphatic carbocycles. The number of benzene rings is 2. The third-order valence-electron chi connectivity index (χ3n) is 4.91. The van der Waals surface area contributed by atoms with E-state index in [1.54, 1.807) is 37.3 Å². The number of hydrogen-bond donors (Lipinski definition) is 0. The molecule has 1 heterocycles. The lowest BCUT2D eigenvalue weighted by atomic mass is 10.1. The maximum atomic E-state index is 12.7. The zero-order chi connectivity index (χ0) is 24.8. The van der Waals surface area contributed by atoms with Crippen LogP contribution < -0.4 is 9.47 Å². The zero-order valence-electron chi connectivity index (χ0n) is 18.8. The lowest BCUT2D eigenvalue weighted by molar-refractivity contribution is -0.150. The van der Waals surface area contributed by atoms with Crippen molar-refractivity contribution in [3.05, 3.63) is 61.9 Å². The fourth-order valence-corrected chi connectivity index (χ4v) is 4.50. The van der Waals surface area contributed by atoms with Gasteiger partial charge in [-0.3, -0.25) is 19.3 Å². The Morgan fingerprint density at radius 3 is 2.59 bits per heavy atom. The molecule has 34 heavy (non-hydrogen) atoms. The summed E-state index contributed by atoms with van der Waals surface area (Å²) in [5.74, 6) is -0.222. The van der Waals surface area contributed by atoms with Gasteiger partial charge in [0.15, 0.2) is 11.5 Å². The van der Waals surface area contributed by atoms with Crippen molar-refractivity contribution in [2.24, 2.45) is 0 Å². The first kappa shape index (κ1) is 26.1. The maximum absolute atomic E-state index is 12.7. The Labute approximate surface area is 215 Å². The molecular weight excluding hydrogens is 546 g/mol. The first-order valence-electron chi connectivity index (χ1n) is 10.4. The number of ether oxygens (including phenoxy) is 3. The van der Waals surface area contributed by atoms with Crippen LogP contribution >= 0.6 is 39.3 Å². The molecule has 0 aromatic heterocycles. The molecule has 2 aromatic rings. The fraction of sp³-hybridized carbons (Fsp3) is 0.292. The second kappa shape index (κ2) is 11.8. The third-order valence-corrected chi connectivity index (χ3v) is 6.66. The van der Waals surface area contributed by atoms with E-state index in [-0.39, 0.29) is 11.0 Å². The Balaban J connectivity index is 1.75. The van der Waals surface area contributed by atoms with Crippen LogP contribution in [0.3, 0.4) is 0 Å². The number of amides is 2. The highest BCUT2D eigenvalue weighted by Crippen LogP contribution is 2.39. The molecule has 2 aromatic carbocycles. The predicted molar refractivity (Wildman–Crippen MR) is 135 cm³/mol. The van der Waals surface area contributed by atoms with Crippen LogP contribution in [-0.2, 0) is 20.9 Å². The summed E-state index contributed by atoms with van der Waals surface area (Å²) < 4.78 is 17.2. The third kappa shape index (κ3) is 6.55. The van der Waals surface area contributed by atoms with Gasteiger partial charge in [-0.15, -0.1) is 0 Å². The van der Waals surface area contributed by atoms with Crippen LogP contribution in [0.15, 0.2) is 45.8 Å². The molecule has 0 spiro atoms. The topological polar surface area (TPSA) is 82.1 Å². The number of carbonyl (C=O) groups excluding carboxylic acids is 3. The summed E-state index contributed by atoms with van der Waals surface area (Å²) >= 11 is 10.2. The van der Waals surface area contributed by atoms with Crippen molar-refractivity contribution >= 4 is 62.5 Å². The van der Waals surface area contributed by atoms with Crippen LogP contribution in [0.5, 0.6) is 11.5 Å². The van der Waals surface area contributed by atoms with E-state index in [2.05, 4.69) is 15.9 Å². The molecule has 7 nitrogen and oxygen atoms in total. The Morgan fingerprint density at radius 1 is 1.24 bits per heavy atom. The highest BCUT2D eigenvalue weighted by molar-refractivity contribution is 9.10. The van der Waals surface area contributed by atoms with E-state index in [0.717, 1.165) is 22.2 Å². The summed E-state index contributed by atoms with van der Waals surface area (Å²) in [6.45, 7) is 3.51. The molecule has 0 radical (unpaired) electrons. The fourth-order valence-electron chi connectivity index (χ4n) is 2.96. The molecule has 0 bridgehead atoms. The number of carbonyl (C=O) groups is 3. The van der Waals surface area contributed by atoms with Crippen molar-refractivity contribution in [2.75, 3.05) is 13.7 Å². The van der Waals surface area contributed by atoms with Gasteiger partial charge < -0.3 is 14.2 Å². The van der Waals surface area contributed by atoms with Crippen molar-refractivity contribution in [2.45, 2.75) is 33.0 Å². The standard InChI is InChI=1S/C24H23BrClNO6S/c1-4-14(2)33-21(28)12-27-23(29)20(34-24(27)30)11-16-9-18(25)22(19(10-16)31-3)32-13-15-5-7-17(26)8-6-15/h5-11,14H,4,12-13H2,1-3H3/b20-11+/t14-/m0/s1. The van der Waals surface area contributed by atoms with Gasteiger partial charge >= 0.3 is 5.97 Å². The summed E-state index contributed by atoms with van der Waals surface area (Å²) in [6, 6.07) is 10.8. The zero-order valence-corrected chi connectivity index (χ0v) is 22.0. The van der Waals surface area contributed by atoms with Gasteiger partial charge in [-0.25, -0.2) is 0 Å².